The van der Waals surface area contributed by atoms with Crippen LogP contribution in [0, 0.1) is 6.92 Å². The van der Waals surface area contributed by atoms with Gasteiger partial charge >= 0.3 is 0 Å². The number of hydrogen-bond donors (Lipinski definition) is 0. The normalized spacial score (nSPS) is 15.7. The highest BCUT2D eigenvalue weighted by molar-refractivity contribution is 5.96. The first-order valence-electron chi connectivity index (χ1n) is 7.99. The number of rotatable bonds is 6. The Labute approximate surface area is 128 Å². The van der Waals surface area contributed by atoms with Gasteiger partial charge in [-0.2, -0.15) is 0 Å². The smallest absolute Gasteiger partial charge is 0.160 e. The van der Waals surface area contributed by atoms with Gasteiger partial charge in [0.2, 0.25) is 0 Å². The number of carbonyl (C=O) groups excluding carboxylic acids is 1. The van der Waals surface area contributed by atoms with Crippen LogP contribution in [0.3, 0.4) is 0 Å². The average molecular weight is 289 g/mol. The van der Waals surface area contributed by atoms with E-state index in [1.54, 1.807) is 6.92 Å². The minimum absolute atomic E-state index is 0.123. The molecule has 1 fully saturated rings. The Bertz CT molecular complexity index is 502. The van der Waals surface area contributed by atoms with Crippen molar-refractivity contribution in [3.8, 4) is 5.75 Å². The molecule has 1 aliphatic rings. The number of ketones is 1. The van der Waals surface area contributed by atoms with Crippen LogP contribution in [0.1, 0.15) is 61.0 Å². The molecular weight excluding hydrogens is 262 g/mol. The zero-order chi connectivity index (χ0) is 15.4. The van der Waals surface area contributed by atoms with Crippen LogP contribution >= 0.6 is 0 Å². The van der Waals surface area contributed by atoms with Crippen LogP contribution in [-0.4, -0.2) is 36.9 Å². The van der Waals surface area contributed by atoms with E-state index in [1.807, 2.05) is 19.1 Å². The molecule has 1 aliphatic heterocycles. The van der Waals surface area contributed by atoms with Gasteiger partial charge in [-0.05, 0) is 69.0 Å². The average Bonchev–Trinajstić information content (AvgIpc) is 2.91. The quantitative estimate of drug-likeness (QED) is 0.746. The molecule has 0 aromatic heterocycles. The summed E-state index contributed by atoms with van der Waals surface area (Å²) in [4.78, 5) is 14.1. The lowest BCUT2D eigenvalue weighted by Crippen LogP contribution is -2.25. The van der Waals surface area contributed by atoms with Crippen molar-refractivity contribution in [1.82, 2.24) is 4.90 Å². The molecule has 0 amide bonds. The van der Waals surface area contributed by atoms with Crippen LogP contribution < -0.4 is 4.74 Å². The third kappa shape index (κ3) is 4.07. The number of nitrogens with zero attached hydrogens (tertiary/aromatic N) is 1. The monoisotopic (exact) mass is 289 g/mol. The summed E-state index contributed by atoms with van der Waals surface area (Å²) in [7, 11) is 0. The zero-order valence-corrected chi connectivity index (χ0v) is 13.7. The highest BCUT2D eigenvalue weighted by Crippen LogP contribution is 2.30. The lowest BCUT2D eigenvalue weighted by atomic mass is 9.95. The molecule has 1 saturated heterocycles. The highest BCUT2D eigenvalue weighted by atomic mass is 16.5. The Morgan fingerprint density at radius 1 is 1.29 bits per heavy atom. The fourth-order valence-electron chi connectivity index (χ4n) is 2.94. The second-order valence-corrected chi connectivity index (χ2v) is 6.31. The van der Waals surface area contributed by atoms with Crippen LogP contribution in [0.25, 0.3) is 0 Å². The van der Waals surface area contributed by atoms with Gasteiger partial charge in [0.25, 0.3) is 0 Å². The Morgan fingerprint density at radius 3 is 2.52 bits per heavy atom. The van der Waals surface area contributed by atoms with Crippen LogP contribution in [0.2, 0.25) is 0 Å². The molecule has 0 aliphatic carbocycles. The second kappa shape index (κ2) is 7.08. The first-order chi connectivity index (χ1) is 9.99. The topological polar surface area (TPSA) is 29.5 Å². The fraction of sp³-hybridized carbons (Fsp3) is 0.611. The number of ether oxygens (including phenoxy) is 1. The molecule has 3 heteroatoms. The molecule has 0 spiro atoms. The first-order valence-corrected chi connectivity index (χ1v) is 7.99. The summed E-state index contributed by atoms with van der Waals surface area (Å²) in [6.07, 6.45) is 2.62. The molecule has 0 bridgehead atoms. The van der Waals surface area contributed by atoms with Gasteiger partial charge in [-0.15, -0.1) is 0 Å². The third-order valence-corrected chi connectivity index (χ3v) is 4.22. The molecule has 0 N–H and O–H groups in total. The van der Waals surface area contributed by atoms with Crippen molar-refractivity contribution >= 4 is 5.78 Å². The van der Waals surface area contributed by atoms with Gasteiger partial charge in [-0.3, -0.25) is 9.69 Å². The van der Waals surface area contributed by atoms with Crippen LogP contribution in [0.4, 0.5) is 0 Å². The zero-order valence-electron chi connectivity index (χ0n) is 13.7. The maximum Gasteiger partial charge on any atom is 0.160 e. The molecule has 0 atom stereocenters. The molecule has 1 aromatic carbocycles. The standard InChI is InChI=1S/C18H27NO2/c1-13(2)16-12-17(15(4)20)14(3)11-18(16)21-10-9-19-7-5-6-8-19/h11-13H,5-10H2,1-4H3. The number of likely N-dealkylation sites (tertiary alicyclic amines) is 1. The van der Waals surface area contributed by atoms with Gasteiger partial charge in [0.1, 0.15) is 12.4 Å². The lowest BCUT2D eigenvalue weighted by Gasteiger charge is -2.19. The maximum atomic E-state index is 11.7. The molecule has 1 aromatic rings. The van der Waals surface area contributed by atoms with E-state index in [1.165, 1.54) is 25.9 Å². The van der Waals surface area contributed by atoms with Crippen molar-refractivity contribution in [1.29, 1.82) is 0 Å². The van der Waals surface area contributed by atoms with E-state index in [0.29, 0.717) is 5.92 Å². The first kappa shape index (κ1) is 16.0. The molecule has 0 radical (unpaired) electrons. The molecule has 3 nitrogen and oxygen atoms in total. The summed E-state index contributed by atoms with van der Waals surface area (Å²) >= 11 is 0. The van der Waals surface area contributed by atoms with E-state index in [0.717, 1.165) is 35.6 Å². The third-order valence-electron chi connectivity index (χ3n) is 4.22. The number of aryl methyl sites for hydroxylation is 1. The molecule has 0 saturated carbocycles. The number of hydrogen-bond acceptors (Lipinski definition) is 3. The van der Waals surface area contributed by atoms with Crippen molar-refractivity contribution < 1.29 is 9.53 Å². The van der Waals surface area contributed by atoms with Gasteiger partial charge < -0.3 is 4.74 Å². The van der Waals surface area contributed by atoms with Crippen molar-refractivity contribution in [2.75, 3.05) is 26.2 Å². The summed E-state index contributed by atoms with van der Waals surface area (Å²) in [6, 6.07) is 4.03. The molecule has 1 heterocycles. The Kier molecular flexibility index (Phi) is 5.40. The van der Waals surface area contributed by atoms with E-state index in [4.69, 9.17) is 4.74 Å². The van der Waals surface area contributed by atoms with Crippen molar-refractivity contribution in [3.05, 3.63) is 28.8 Å². The predicted octanol–water partition coefficient (Wildman–Crippen LogP) is 3.80. The number of carbonyl (C=O) groups is 1. The molecular formula is C18H27NO2. The summed E-state index contributed by atoms with van der Waals surface area (Å²) in [6.45, 7) is 12.0. The molecule has 21 heavy (non-hydrogen) atoms. The van der Waals surface area contributed by atoms with Crippen LogP contribution in [0.15, 0.2) is 12.1 Å². The summed E-state index contributed by atoms with van der Waals surface area (Å²) in [5.74, 6) is 1.41. The number of Topliss-reactive ketones (excluding diaryl/α,β-unsaturated/α-hetero) is 1. The van der Waals surface area contributed by atoms with Crippen molar-refractivity contribution in [2.45, 2.75) is 46.5 Å². The van der Waals surface area contributed by atoms with Gasteiger partial charge in [-0.25, -0.2) is 0 Å². The summed E-state index contributed by atoms with van der Waals surface area (Å²) < 4.78 is 6.02. The molecule has 116 valence electrons. The summed E-state index contributed by atoms with van der Waals surface area (Å²) in [5.41, 5.74) is 2.95. The minimum atomic E-state index is 0.123. The van der Waals surface area contributed by atoms with E-state index in [9.17, 15) is 4.79 Å². The van der Waals surface area contributed by atoms with Gasteiger partial charge in [0, 0.05) is 12.1 Å². The maximum absolute atomic E-state index is 11.7. The Balaban J connectivity index is 2.09. The van der Waals surface area contributed by atoms with Crippen molar-refractivity contribution in [3.63, 3.8) is 0 Å². The van der Waals surface area contributed by atoms with E-state index in [2.05, 4.69) is 18.7 Å². The SMILES string of the molecule is CC(=O)c1cc(C(C)C)c(OCCN2CCCC2)cc1C. The minimum Gasteiger partial charge on any atom is -0.492 e. The van der Waals surface area contributed by atoms with Gasteiger partial charge in [-0.1, -0.05) is 13.8 Å². The van der Waals surface area contributed by atoms with Crippen molar-refractivity contribution in [2.24, 2.45) is 0 Å². The van der Waals surface area contributed by atoms with E-state index in [-0.39, 0.29) is 5.78 Å². The van der Waals surface area contributed by atoms with Crippen LogP contribution in [-0.2, 0) is 0 Å². The van der Waals surface area contributed by atoms with E-state index >= 15 is 0 Å². The molecule has 2 rings (SSSR count). The largest absolute Gasteiger partial charge is 0.492 e. The Hall–Kier alpha value is -1.35. The van der Waals surface area contributed by atoms with E-state index < -0.39 is 0 Å². The molecule has 0 unspecified atom stereocenters. The fourth-order valence-corrected chi connectivity index (χ4v) is 2.94. The second-order valence-electron chi connectivity index (χ2n) is 6.31. The van der Waals surface area contributed by atoms with Crippen LogP contribution in [0.5, 0.6) is 5.75 Å². The summed E-state index contributed by atoms with van der Waals surface area (Å²) in [5, 5.41) is 0. The highest BCUT2D eigenvalue weighted by Gasteiger charge is 2.15. The van der Waals surface area contributed by atoms with Gasteiger partial charge in [0.05, 0.1) is 0 Å². The van der Waals surface area contributed by atoms with Gasteiger partial charge in [0.15, 0.2) is 5.78 Å². The predicted molar refractivity (Wildman–Crippen MR) is 86.4 cm³/mol. The lowest BCUT2D eigenvalue weighted by molar-refractivity contribution is 0.101. The Morgan fingerprint density at radius 2 is 1.95 bits per heavy atom. The number of benzene rings is 1.